The van der Waals surface area contributed by atoms with Crippen LogP contribution in [0.3, 0.4) is 0 Å². The lowest BCUT2D eigenvalue weighted by Gasteiger charge is -2.48. The van der Waals surface area contributed by atoms with E-state index in [1.54, 1.807) is 33.2 Å². The van der Waals surface area contributed by atoms with E-state index in [9.17, 15) is 43.4 Å². The van der Waals surface area contributed by atoms with Crippen molar-refractivity contribution < 1.29 is 43.2 Å². The van der Waals surface area contributed by atoms with Crippen molar-refractivity contribution in [2.45, 2.75) is 160 Å². The number of aliphatic hydroxyl groups is 1. The average molecular weight is 1130 g/mol. The zero-order valence-corrected chi connectivity index (χ0v) is 48.5. The first-order valence-corrected chi connectivity index (χ1v) is 30.4. The number of hydrogen-bond acceptors (Lipinski definition) is 14. The molecule has 2 aromatic carbocycles. The van der Waals surface area contributed by atoms with Crippen LogP contribution in [0.25, 0.3) is 0 Å². The molecule has 22 heteroatoms. The molecule has 81 heavy (non-hydrogen) atoms. The van der Waals surface area contributed by atoms with Crippen LogP contribution >= 0.6 is 7.82 Å². The van der Waals surface area contributed by atoms with Gasteiger partial charge in [-0.2, -0.15) is 0 Å². The van der Waals surface area contributed by atoms with Gasteiger partial charge in [0.15, 0.2) is 5.82 Å². The molecule has 21 nitrogen and oxygen atoms in total. The molecule has 1 saturated carbocycles. The molecule has 4 amide bonds. The second kappa shape index (κ2) is 21.4. The first-order chi connectivity index (χ1) is 38.4. The van der Waals surface area contributed by atoms with Gasteiger partial charge in [-0.3, -0.25) is 38.3 Å². The summed E-state index contributed by atoms with van der Waals surface area (Å²) in [4.78, 5) is 105. The molecule has 5 aliphatic heterocycles. The van der Waals surface area contributed by atoms with Gasteiger partial charge in [-0.15, -0.1) is 0 Å². The van der Waals surface area contributed by atoms with Gasteiger partial charge in [-0.25, -0.2) is 9.55 Å². The topological polar surface area (TPSA) is 239 Å². The van der Waals surface area contributed by atoms with Crippen LogP contribution in [0.5, 0.6) is 0 Å². The van der Waals surface area contributed by atoms with E-state index in [1.165, 1.54) is 26.8 Å². The van der Waals surface area contributed by atoms with E-state index in [0.29, 0.717) is 86.2 Å². The van der Waals surface area contributed by atoms with Crippen LogP contribution in [-0.4, -0.2) is 155 Å². The van der Waals surface area contributed by atoms with Crippen molar-refractivity contribution in [3.8, 4) is 0 Å². The predicted octanol–water partition coefficient (Wildman–Crippen LogP) is 6.42. The standard InChI is InChI=1S/C59H78N11O10P/c1-9-51(72)61-45-29-39(60-53-57(76)63(8)34-50(62-53)69-21-10-11-47(52(69)37(4)71)68-26-25-67-48(56(68)75)28-38-31-58(5,6)32-49(38)67)12-15-46(45)66-24-23-64(33-36(66)3)41-18-22-65(35(2)27-41)42-13-14-43-44(30-42)55(74)70(54(43)73)40-16-19-59(7,20-17-40)80-81(77,78)79/h9,12-15,28-30,34-37,40-41,47,52,71H,1,10-11,16-27,31-33H2,2-8H3,(H,60,62)(H,61,72)(H2,77,78,79)/t35-,36+,37-,40?,41?,47+,52-,59?/m1/s1. The molecule has 7 aliphatic rings. The van der Waals surface area contributed by atoms with Crippen LogP contribution in [0.2, 0.25) is 0 Å². The van der Waals surface area contributed by atoms with Crippen molar-refractivity contribution >= 4 is 65.8 Å². The van der Waals surface area contributed by atoms with Gasteiger partial charge >= 0.3 is 7.82 Å². The number of amides is 4. The van der Waals surface area contributed by atoms with Crippen molar-refractivity contribution in [1.29, 1.82) is 0 Å². The molecular formula is C59H78N11O10P. The summed E-state index contributed by atoms with van der Waals surface area (Å²) in [7, 11) is -3.02. The van der Waals surface area contributed by atoms with E-state index in [2.05, 4.69) is 70.2 Å². The van der Waals surface area contributed by atoms with Crippen LogP contribution in [0.15, 0.2) is 66.1 Å². The second-order valence-electron chi connectivity index (χ2n) is 24.9. The summed E-state index contributed by atoms with van der Waals surface area (Å²) in [5, 5.41) is 17.8. The highest BCUT2D eigenvalue weighted by molar-refractivity contribution is 7.46. The largest absolute Gasteiger partial charge is 0.470 e. The number of carbonyl (C=O) groups is 4. The fourth-order valence-corrected chi connectivity index (χ4v) is 15.4. The summed E-state index contributed by atoms with van der Waals surface area (Å²) >= 11 is 0. The minimum absolute atomic E-state index is 0.0130. The van der Waals surface area contributed by atoms with E-state index < -0.39 is 25.6 Å². The number of phosphoric ester groups is 1. The number of piperazine rings is 1. The third-order valence-electron chi connectivity index (χ3n) is 18.5. The van der Waals surface area contributed by atoms with Gasteiger partial charge in [0.05, 0.1) is 46.3 Å². The van der Waals surface area contributed by atoms with Gasteiger partial charge in [0.1, 0.15) is 11.5 Å². The van der Waals surface area contributed by atoms with Gasteiger partial charge in [-0.1, -0.05) is 20.4 Å². The Bertz CT molecular complexity index is 3290. The number of anilines is 6. The van der Waals surface area contributed by atoms with Crippen LogP contribution < -0.4 is 30.9 Å². The molecule has 434 valence electrons. The number of aryl methyl sites for hydroxylation is 1. The lowest BCUT2D eigenvalue weighted by molar-refractivity contribution is -0.111. The van der Waals surface area contributed by atoms with Crippen LogP contribution in [0, 0.1) is 5.41 Å². The molecule has 4 fully saturated rings. The smallest absolute Gasteiger partial charge is 0.391 e. The van der Waals surface area contributed by atoms with E-state index in [0.717, 1.165) is 75.2 Å². The Hall–Kier alpha value is -6.35. The molecule has 1 unspecified atom stereocenters. The van der Waals surface area contributed by atoms with Crippen molar-refractivity contribution in [2.75, 3.05) is 64.6 Å². The molecule has 2 aliphatic carbocycles. The van der Waals surface area contributed by atoms with E-state index >= 15 is 0 Å². The first kappa shape index (κ1) is 56.5. The van der Waals surface area contributed by atoms with Gasteiger partial charge in [0, 0.05) is 100 Å². The molecule has 0 radical (unpaired) electrons. The van der Waals surface area contributed by atoms with Crippen LogP contribution in [0.4, 0.5) is 34.4 Å². The number of nitrogens with one attached hydrogen (secondary N) is 2. The zero-order chi connectivity index (χ0) is 57.6. The summed E-state index contributed by atoms with van der Waals surface area (Å²) in [5.74, 6) is -0.495. The molecular weight excluding hydrogens is 1050 g/mol. The third kappa shape index (κ3) is 10.9. The maximum atomic E-state index is 14.3. The summed E-state index contributed by atoms with van der Waals surface area (Å²) in [6, 6.07) is 12.6. The van der Waals surface area contributed by atoms with Crippen LogP contribution in [-0.2, 0) is 40.3 Å². The summed E-state index contributed by atoms with van der Waals surface area (Å²) in [6.45, 7) is 20.9. The number of hydrogen-bond donors (Lipinski definition) is 5. The summed E-state index contributed by atoms with van der Waals surface area (Å²) in [6.07, 6.45) is 8.64. The Labute approximate surface area is 473 Å². The fraction of sp³-hybridized carbons (Fsp3) is 0.559. The Balaban J connectivity index is 0.744. The molecule has 3 saturated heterocycles. The number of phosphoric acid groups is 1. The maximum absolute atomic E-state index is 14.3. The highest BCUT2D eigenvalue weighted by Crippen LogP contribution is 2.48. The Morgan fingerprint density at radius 1 is 0.840 bits per heavy atom. The molecule has 0 bridgehead atoms. The lowest BCUT2D eigenvalue weighted by Crippen LogP contribution is -2.62. The fourth-order valence-electron chi connectivity index (χ4n) is 14.7. The van der Waals surface area contributed by atoms with Crippen LogP contribution in [0.1, 0.15) is 135 Å². The molecule has 4 aromatic rings. The van der Waals surface area contributed by atoms with E-state index in [4.69, 9.17) is 9.51 Å². The number of rotatable bonds is 13. The van der Waals surface area contributed by atoms with E-state index in [-0.39, 0.29) is 64.6 Å². The Morgan fingerprint density at radius 3 is 2.28 bits per heavy atom. The number of benzene rings is 2. The predicted molar refractivity (Wildman–Crippen MR) is 309 cm³/mol. The Morgan fingerprint density at radius 2 is 1.58 bits per heavy atom. The number of aliphatic hydroxyl groups excluding tert-OH is 1. The number of fused-ring (bicyclic) bond motifs is 4. The van der Waals surface area contributed by atoms with Crippen molar-refractivity contribution in [3.63, 3.8) is 0 Å². The van der Waals surface area contributed by atoms with Crippen molar-refractivity contribution in [3.05, 3.63) is 99.7 Å². The van der Waals surface area contributed by atoms with Gasteiger partial charge in [0.2, 0.25) is 5.91 Å². The minimum atomic E-state index is -4.70. The number of aromatic nitrogens is 3. The SMILES string of the molecule is C=CC(=O)Nc1cc(Nc2nc(N3CCC[C@H](N4CCn5c(cc6c5CC(C)(C)C6)C4=O)[C@H]3[C@@H](C)O)cn(C)c2=O)ccc1N1CCN(C2CCN(c3ccc4c(c3)C(=O)N(C3CCC(C)(OP(=O)(O)O)CC3)C4=O)[C@H](C)C2)C[C@@H]1C. The van der Waals surface area contributed by atoms with Crippen molar-refractivity contribution in [2.24, 2.45) is 12.5 Å². The maximum Gasteiger partial charge on any atom is 0.470 e. The number of imide groups is 1. The monoisotopic (exact) mass is 1130 g/mol. The second-order valence-corrected chi connectivity index (χ2v) is 26.1. The normalized spacial score (nSPS) is 27.3. The number of carbonyl (C=O) groups excluding carboxylic acids is 4. The molecule has 2 aromatic heterocycles. The number of nitrogens with zero attached hydrogens (tertiary/aromatic N) is 9. The highest BCUT2D eigenvalue weighted by Gasteiger charge is 2.47. The minimum Gasteiger partial charge on any atom is -0.391 e. The first-order valence-electron chi connectivity index (χ1n) is 28.8. The van der Waals surface area contributed by atoms with Gasteiger partial charge < -0.3 is 54.3 Å². The summed E-state index contributed by atoms with van der Waals surface area (Å²) < 4.78 is 20.4. The average Bonchev–Trinajstić information content (AvgIpc) is 4.05. The molecule has 5 N–H and O–H groups in total. The number of piperidine rings is 2. The zero-order valence-electron chi connectivity index (χ0n) is 47.6. The van der Waals surface area contributed by atoms with E-state index in [1.807, 2.05) is 40.1 Å². The quantitative estimate of drug-likeness (QED) is 0.0551. The highest BCUT2D eigenvalue weighted by atomic mass is 31.2. The molecule has 6 atom stereocenters. The lowest BCUT2D eigenvalue weighted by atomic mass is 9.83. The third-order valence-corrected chi connectivity index (χ3v) is 19.2. The van der Waals surface area contributed by atoms with Gasteiger partial charge in [0.25, 0.3) is 23.3 Å². The molecule has 11 rings (SSSR count). The molecule has 7 heterocycles. The van der Waals surface area contributed by atoms with Crippen molar-refractivity contribution in [1.82, 2.24) is 28.8 Å². The van der Waals surface area contributed by atoms with Gasteiger partial charge in [-0.05, 0) is 151 Å². The Kier molecular flexibility index (Phi) is 15.0. The molecule has 0 spiro atoms. The summed E-state index contributed by atoms with van der Waals surface area (Å²) in [5.41, 5.74) is 5.57.